The average Bonchev–Trinajstić information content (AvgIpc) is 3.03. The quantitative estimate of drug-likeness (QED) is 0.926. The Bertz CT molecular complexity index is 574. The molecule has 102 valence electrons. The van der Waals surface area contributed by atoms with E-state index in [-0.39, 0.29) is 0 Å². The molecule has 0 radical (unpaired) electrons. The number of hydrogen-bond donors (Lipinski definition) is 1. The molecular weight excluding hydrogens is 248 g/mol. The third-order valence-electron chi connectivity index (χ3n) is 4.27. The molecule has 0 spiro atoms. The Morgan fingerprint density at radius 3 is 2.50 bits per heavy atom. The van der Waals surface area contributed by atoms with Gasteiger partial charge in [-0.2, -0.15) is 5.26 Å². The van der Waals surface area contributed by atoms with Crippen LogP contribution in [-0.4, -0.2) is 15.4 Å². The van der Waals surface area contributed by atoms with Crippen LogP contribution in [-0.2, 0) is 0 Å². The Balaban J connectivity index is 1.94. The normalized spacial score (nSPS) is 17.6. The smallest absolute Gasteiger partial charge is 0.0991 e. The summed E-state index contributed by atoms with van der Waals surface area (Å²) in [5, 5.41) is 19.9. The molecule has 1 atom stereocenters. The molecule has 1 aliphatic carbocycles. The molecule has 1 fully saturated rings. The van der Waals surface area contributed by atoms with Gasteiger partial charge >= 0.3 is 0 Å². The Morgan fingerprint density at radius 2 is 1.90 bits per heavy atom. The van der Waals surface area contributed by atoms with Gasteiger partial charge in [-0.05, 0) is 36.5 Å². The third kappa shape index (κ3) is 2.57. The molecular formula is C16H18N4. The lowest BCUT2D eigenvalue weighted by molar-refractivity contribution is 0.324. The average molecular weight is 266 g/mol. The van der Waals surface area contributed by atoms with E-state index in [1.54, 1.807) is 0 Å². The number of nitrogens with zero attached hydrogens (tertiary/aromatic N) is 3. The second-order valence-electron chi connectivity index (χ2n) is 5.51. The molecule has 1 aromatic carbocycles. The van der Waals surface area contributed by atoms with Gasteiger partial charge in [-0.1, -0.05) is 36.6 Å². The minimum atomic E-state index is 0.293. The number of nitriles is 1. The van der Waals surface area contributed by atoms with Crippen molar-refractivity contribution in [2.75, 3.05) is 0 Å². The molecule has 2 aromatic rings. The van der Waals surface area contributed by atoms with E-state index in [1.807, 2.05) is 18.3 Å². The largest absolute Gasteiger partial charge is 0.265 e. The van der Waals surface area contributed by atoms with Gasteiger partial charge in [0.15, 0.2) is 0 Å². The molecule has 4 nitrogen and oxygen atoms in total. The summed E-state index contributed by atoms with van der Waals surface area (Å²) in [7, 11) is 0. The summed E-state index contributed by atoms with van der Waals surface area (Å²) in [4.78, 5) is 0. The fourth-order valence-corrected chi connectivity index (χ4v) is 3.28. The van der Waals surface area contributed by atoms with Crippen LogP contribution in [0.3, 0.4) is 0 Å². The predicted molar refractivity (Wildman–Crippen MR) is 76.0 cm³/mol. The number of aromatic amines is 1. The van der Waals surface area contributed by atoms with Crippen LogP contribution in [0.4, 0.5) is 0 Å². The zero-order chi connectivity index (χ0) is 13.8. The van der Waals surface area contributed by atoms with Crippen molar-refractivity contribution in [3.05, 3.63) is 47.3 Å². The number of hydrogen-bond acceptors (Lipinski definition) is 3. The van der Waals surface area contributed by atoms with E-state index in [4.69, 9.17) is 5.26 Å². The zero-order valence-electron chi connectivity index (χ0n) is 11.4. The maximum atomic E-state index is 8.92. The molecule has 0 bridgehead atoms. The molecule has 20 heavy (non-hydrogen) atoms. The van der Waals surface area contributed by atoms with Crippen LogP contribution in [0.2, 0.25) is 0 Å². The van der Waals surface area contributed by atoms with Crippen LogP contribution in [0.5, 0.6) is 0 Å². The van der Waals surface area contributed by atoms with Gasteiger partial charge < -0.3 is 0 Å². The van der Waals surface area contributed by atoms with Gasteiger partial charge in [-0.25, -0.2) is 0 Å². The zero-order valence-corrected chi connectivity index (χ0v) is 11.4. The van der Waals surface area contributed by atoms with Crippen LogP contribution >= 0.6 is 0 Å². The number of rotatable bonds is 3. The first kappa shape index (κ1) is 12.9. The fourth-order valence-electron chi connectivity index (χ4n) is 3.28. The van der Waals surface area contributed by atoms with Crippen molar-refractivity contribution in [1.29, 1.82) is 5.26 Å². The first-order valence-corrected chi connectivity index (χ1v) is 7.25. The summed E-state index contributed by atoms with van der Waals surface area (Å²) in [5.74, 6) is 0.920. The highest BCUT2D eigenvalue weighted by atomic mass is 15.3. The number of aromatic nitrogens is 3. The van der Waals surface area contributed by atoms with Gasteiger partial charge in [0.05, 0.1) is 17.3 Å². The lowest BCUT2D eigenvalue weighted by Gasteiger charge is -2.29. The maximum absolute atomic E-state index is 8.92. The third-order valence-corrected chi connectivity index (χ3v) is 4.27. The summed E-state index contributed by atoms with van der Waals surface area (Å²) in [6.45, 7) is 0. The number of H-pyrrole nitrogens is 1. The Morgan fingerprint density at radius 1 is 1.15 bits per heavy atom. The highest BCUT2D eigenvalue weighted by Crippen LogP contribution is 2.39. The van der Waals surface area contributed by atoms with Gasteiger partial charge in [0, 0.05) is 12.1 Å². The molecule has 0 amide bonds. The lowest BCUT2D eigenvalue weighted by atomic mass is 9.75. The monoisotopic (exact) mass is 266 g/mol. The summed E-state index contributed by atoms with van der Waals surface area (Å²) < 4.78 is 0. The van der Waals surface area contributed by atoms with Crippen LogP contribution < -0.4 is 0 Å². The minimum absolute atomic E-state index is 0.293. The second kappa shape index (κ2) is 5.87. The molecule has 1 N–H and O–H groups in total. The van der Waals surface area contributed by atoms with Crippen LogP contribution in [0.15, 0.2) is 30.5 Å². The Labute approximate surface area is 118 Å². The number of nitrogens with one attached hydrogen (secondary N) is 1. The highest BCUT2D eigenvalue weighted by Gasteiger charge is 2.28. The summed E-state index contributed by atoms with van der Waals surface area (Å²) in [5.41, 5.74) is 2.96. The van der Waals surface area contributed by atoms with E-state index >= 15 is 0 Å². The second-order valence-corrected chi connectivity index (χ2v) is 5.51. The molecule has 3 rings (SSSR count). The highest BCUT2D eigenvalue weighted by molar-refractivity contribution is 5.36. The molecule has 1 heterocycles. The van der Waals surface area contributed by atoms with Gasteiger partial charge in [-0.3, -0.25) is 5.10 Å². The topological polar surface area (TPSA) is 65.4 Å². The lowest BCUT2D eigenvalue weighted by Crippen LogP contribution is -2.18. The Kier molecular flexibility index (Phi) is 3.78. The molecule has 1 unspecified atom stereocenters. The van der Waals surface area contributed by atoms with Crippen molar-refractivity contribution in [3.8, 4) is 6.07 Å². The van der Waals surface area contributed by atoms with Crippen molar-refractivity contribution in [3.63, 3.8) is 0 Å². The molecule has 0 aliphatic heterocycles. The molecule has 1 aliphatic rings. The van der Waals surface area contributed by atoms with E-state index < -0.39 is 0 Å². The van der Waals surface area contributed by atoms with Gasteiger partial charge in [-0.15, -0.1) is 5.10 Å². The molecule has 4 heteroatoms. The van der Waals surface area contributed by atoms with E-state index in [9.17, 15) is 0 Å². The van der Waals surface area contributed by atoms with Crippen molar-refractivity contribution in [1.82, 2.24) is 15.4 Å². The van der Waals surface area contributed by atoms with Crippen molar-refractivity contribution in [2.45, 2.75) is 38.0 Å². The Hall–Kier alpha value is -2.15. The van der Waals surface area contributed by atoms with Crippen LogP contribution in [0, 0.1) is 17.2 Å². The SMILES string of the molecule is N#Cc1ccc(C(c2c[nH]nn2)C2CCCCC2)cc1. The van der Waals surface area contributed by atoms with Crippen LogP contribution in [0.1, 0.15) is 54.8 Å². The molecule has 1 saturated carbocycles. The predicted octanol–water partition coefficient (Wildman–Crippen LogP) is 3.39. The van der Waals surface area contributed by atoms with E-state index in [1.165, 1.54) is 37.7 Å². The summed E-state index contributed by atoms with van der Waals surface area (Å²) in [6.07, 6.45) is 8.34. The van der Waals surface area contributed by atoms with E-state index in [0.29, 0.717) is 17.4 Å². The summed E-state index contributed by atoms with van der Waals surface area (Å²) in [6, 6.07) is 10.1. The van der Waals surface area contributed by atoms with Gasteiger partial charge in [0.2, 0.25) is 0 Å². The first-order valence-electron chi connectivity index (χ1n) is 7.25. The standard InChI is InChI=1S/C16H18N4/c17-10-12-6-8-14(9-7-12)16(15-11-18-20-19-15)13-4-2-1-3-5-13/h6-9,11,13,16H,1-5H2,(H,18,19,20). The van der Waals surface area contributed by atoms with Crippen molar-refractivity contribution < 1.29 is 0 Å². The maximum Gasteiger partial charge on any atom is 0.0991 e. The summed E-state index contributed by atoms with van der Waals surface area (Å²) >= 11 is 0. The van der Waals surface area contributed by atoms with Crippen molar-refractivity contribution in [2.24, 2.45) is 5.92 Å². The van der Waals surface area contributed by atoms with Crippen LogP contribution in [0.25, 0.3) is 0 Å². The molecule has 0 saturated heterocycles. The fraction of sp³-hybridized carbons (Fsp3) is 0.438. The van der Waals surface area contributed by atoms with E-state index in [0.717, 1.165) is 5.69 Å². The minimum Gasteiger partial charge on any atom is -0.265 e. The number of benzene rings is 1. The molecule has 1 aromatic heterocycles. The van der Waals surface area contributed by atoms with E-state index in [2.05, 4.69) is 33.6 Å². The van der Waals surface area contributed by atoms with Gasteiger partial charge in [0.1, 0.15) is 0 Å². The van der Waals surface area contributed by atoms with Crippen molar-refractivity contribution >= 4 is 0 Å². The van der Waals surface area contributed by atoms with Gasteiger partial charge in [0.25, 0.3) is 0 Å². The first-order chi connectivity index (χ1) is 9.88.